The molecule has 0 fully saturated rings. The molecule has 1 heterocycles. The summed E-state index contributed by atoms with van der Waals surface area (Å²) in [5, 5.41) is 4.00. The molecule has 124 valence electrons. The first-order valence-electron chi connectivity index (χ1n) is 7.67. The molecule has 3 rings (SSSR count). The lowest BCUT2D eigenvalue weighted by molar-refractivity contribution is 0.251. The van der Waals surface area contributed by atoms with E-state index in [0.29, 0.717) is 35.4 Å². The molecular weight excluding hydrogens is 311 g/mol. The smallest absolute Gasteiger partial charge is 0.258 e. The van der Waals surface area contributed by atoms with Gasteiger partial charge >= 0.3 is 0 Å². The summed E-state index contributed by atoms with van der Waals surface area (Å²) < 4.78 is 28.5. The quantitative estimate of drug-likeness (QED) is 0.652. The largest absolute Gasteiger partial charge is 0.490 e. The number of halogens is 1. The van der Waals surface area contributed by atoms with Gasteiger partial charge in [0.15, 0.2) is 11.5 Å². The maximum Gasteiger partial charge on any atom is 0.258 e. The molecule has 2 aromatic carbocycles. The molecule has 0 unspecified atom stereocenters. The van der Waals surface area contributed by atoms with Gasteiger partial charge in [-0.3, -0.25) is 0 Å². The molecule has 0 radical (unpaired) electrons. The van der Waals surface area contributed by atoms with Gasteiger partial charge in [0.05, 0.1) is 6.61 Å². The van der Waals surface area contributed by atoms with Crippen molar-refractivity contribution in [3.05, 3.63) is 48.5 Å². The van der Waals surface area contributed by atoms with Crippen LogP contribution in [-0.4, -0.2) is 30.0 Å². The van der Waals surface area contributed by atoms with Crippen LogP contribution in [0.1, 0.15) is 6.92 Å². The normalized spacial score (nSPS) is 10.6. The Morgan fingerprint density at radius 3 is 2.58 bits per heavy atom. The SMILES string of the molecule is CCOc1cc(-c2nc(-c3ccccc3)no2)ccc1OCCF. The Hall–Kier alpha value is -2.89. The second kappa shape index (κ2) is 7.59. The second-order valence-electron chi connectivity index (χ2n) is 4.92. The van der Waals surface area contributed by atoms with E-state index in [1.165, 1.54) is 0 Å². The Morgan fingerprint density at radius 1 is 1.00 bits per heavy atom. The summed E-state index contributed by atoms with van der Waals surface area (Å²) in [5.41, 5.74) is 1.58. The predicted molar refractivity (Wildman–Crippen MR) is 87.8 cm³/mol. The predicted octanol–water partition coefficient (Wildman–Crippen LogP) is 4.15. The fourth-order valence-corrected chi connectivity index (χ4v) is 2.22. The molecule has 0 amide bonds. The lowest BCUT2D eigenvalue weighted by atomic mass is 10.2. The van der Waals surface area contributed by atoms with E-state index >= 15 is 0 Å². The number of aromatic nitrogens is 2. The minimum absolute atomic E-state index is 0.0157. The summed E-state index contributed by atoms with van der Waals surface area (Å²) in [6.45, 7) is 1.76. The highest BCUT2D eigenvalue weighted by molar-refractivity contribution is 5.63. The van der Waals surface area contributed by atoms with Crippen LogP contribution in [0, 0.1) is 0 Å². The first-order chi connectivity index (χ1) is 11.8. The van der Waals surface area contributed by atoms with Crippen LogP contribution in [0.25, 0.3) is 22.8 Å². The number of ether oxygens (including phenoxy) is 2. The first kappa shape index (κ1) is 16.0. The standard InChI is InChI=1S/C18H17FN2O3/c1-2-22-16-12-14(8-9-15(16)23-11-10-19)18-20-17(21-24-18)13-6-4-3-5-7-13/h3-9,12H,2,10-11H2,1H3. The Bertz CT molecular complexity index is 790. The van der Waals surface area contributed by atoms with Crippen molar-refractivity contribution in [1.29, 1.82) is 0 Å². The van der Waals surface area contributed by atoms with E-state index in [9.17, 15) is 4.39 Å². The number of alkyl halides is 1. The summed E-state index contributed by atoms with van der Waals surface area (Å²) in [5.74, 6) is 1.90. The van der Waals surface area contributed by atoms with Crippen LogP contribution in [0.2, 0.25) is 0 Å². The van der Waals surface area contributed by atoms with Gasteiger partial charge in [-0.2, -0.15) is 4.98 Å². The molecule has 0 bridgehead atoms. The number of rotatable bonds is 7. The second-order valence-corrected chi connectivity index (χ2v) is 4.92. The van der Waals surface area contributed by atoms with Crippen LogP contribution in [0.3, 0.4) is 0 Å². The minimum Gasteiger partial charge on any atom is -0.490 e. The third-order valence-electron chi connectivity index (χ3n) is 3.28. The molecule has 5 nitrogen and oxygen atoms in total. The number of benzene rings is 2. The highest BCUT2D eigenvalue weighted by Gasteiger charge is 2.14. The Labute approximate surface area is 139 Å². The molecule has 3 aromatic rings. The zero-order valence-corrected chi connectivity index (χ0v) is 13.2. The van der Waals surface area contributed by atoms with Crippen molar-refractivity contribution in [1.82, 2.24) is 10.1 Å². The Morgan fingerprint density at radius 2 is 1.83 bits per heavy atom. The lowest BCUT2D eigenvalue weighted by Gasteiger charge is -2.11. The Kier molecular flexibility index (Phi) is 5.05. The van der Waals surface area contributed by atoms with Crippen LogP contribution in [0.5, 0.6) is 11.5 Å². The van der Waals surface area contributed by atoms with Crippen molar-refractivity contribution < 1.29 is 18.4 Å². The van der Waals surface area contributed by atoms with Gasteiger partial charge in [-0.05, 0) is 25.1 Å². The van der Waals surface area contributed by atoms with Crippen molar-refractivity contribution >= 4 is 0 Å². The molecule has 0 aliphatic carbocycles. The van der Waals surface area contributed by atoms with E-state index < -0.39 is 6.67 Å². The topological polar surface area (TPSA) is 57.4 Å². The zero-order valence-electron chi connectivity index (χ0n) is 13.2. The number of nitrogens with zero attached hydrogens (tertiary/aromatic N) is 2. The van der Waals surface area contributed by atoms with Crippen LogP contribution < -0.4 is 9.47 Å². The molecule has 0 saturated carbocycles. The average molecular weight is 328 g/mol. The van der Waals surface area contributed by atoms with Crippen molar-refractivity contribution in [2.24, 2.45) is 0 Å². The van der Waals surface area contributed by atoms with Crippen molar-refractivity contribution in [3.8, 4) is 34.3 Å². The fraction of sp³-hybridized carbons (Fsp3) is 0.222. The first-order valence-corrected chi connectivity index (χ1v) is 7.67. The zero-order chi connectivity index (χ0) is 16.8. The number of hydrogen-bond donors (Lipinski definition) is 0. The summed E-state index contributed by atoms with van der Waals surface area (Å²) in [7, 11) is 0. The monoisotopic (exact) mass is 328 g/mol. The molecule has 0 saturated heterocycles. The third kappa shape index (κ3) is 3.53. The van der Waals surface area contributed by atoms with E-state index in [2.05, 4.69) is 10.1 Å². The van der Waals surface area contributed by atoms with E-state index in [-0.39, 0.29) is 6.61 Å². The van der Waals surface area contributed by atoms with Crippen LogP contribution in [0.15, 0.2) is 53.1 Å². The molecule has 0 atom stereocenters. The van der Waals surface area contributed by atoms with Crippen molar-refractivity contribution in [2.75, 3.05) is 19.9 Å². The van der Waals surface area contributed by atoms with Gasteiger partial charge in [-0.25, -0.2) is 4.39 Å². The van der Waals surface area contributed by atoms with E-state index in [1.54, 1.807) is 18.2 Å². The molecule has 1 aromatic heterocycles. The fourth-order valence-electron chi connectivity index (χ4n) is 2.22. The summed E-state index contributed by atoms with van der Waals surface area (Å²) in [6.07, 6.45) is 0. The van der Waals surface area contributed by atoms with Gasteiger partial charge in [-0.15, -0.1) is 0 Å². The van der Waals surface area contributed by atoms with Gasteiger partial charge in [0.1, 0.15) is 13.3 Å². The average Bonchev–Trinajstić information content (AvgIpc) is 3.12. The molecule has 0 aliphatic heterocycles. The van der Waals surface area contributed by atoms with Gasteiger partial charge in [0, 0.05) is 11.1 Å². The lowest BCUT2D eigenvalue weighted by Crippen LogP contribution is -2.02. The van der Waals surface area contributed by atoms with Gasteiger partial charge in [-0.1, -0.05) is 35.5 Å². The molecule has 0 spiro atoms. The van der Waals surface area contributed by atoms with Gasteiger partial charge in [0.25, 0.3) is 5.89 Å². The van der Waals surface area contributed by atoms with E-state index in [1.807, 2.05) is 37.3 Å². The molecule has 6 heteroatoms. The highest BCUT2D eigenvalue weighted by Crippen LogP contribution is 2.33. The summed E-state index contributed by atoms with van der Waals surface area (Å²) >= 11 is 0. The molecular formula is C18H17FN2O3. The molecule has 0 N–H and O–H groups in total. The van der Waals surface area contributed by atoms with E-state index in [0.717, 1.165) is 5.56 Å². The summed E-state index contributed by atoms with van der Waals surface area (Å²) in [4.78, 5) is 4.41. The van der Waals surface area contributed by atoms with E-state index in [4.69, 9.17) is 14.0 Å². The van der Waals surface area contributed by atoms with Crippen molar-refractivity contribution in [2.45, 2.75) is 6.92 Å². The number of hydrogen-bond acceptors (Lipinski definition) is 5. The van der Waals surface area contributed by atoms with Crippen LogP contribution in [-0.2, 0) is 0 Å². The maximum atomic E-state index is 12.3. The van der Waals surface area contributed by atoms with Crippen molar-refractivity contribution in [3.63, 3.8) is 0 Å². The summed E-state index contributed by atoms with van der Waals surface area (Å²) in [6, 6.07) is 14.8. The van der Waals surface area contributed by atoms with Crippen LogP contribution in [0.4, 0.5) is 4.39 Å². The molecule has 0 aliphatic rings. The highest BCUT2D eigenvalue weighted by atomic mass is 19.1. The van der Waals surface area contributed by atoms with Gasteiger partial charge < -0.3 is 14.0 Å². The third-order valence-corrected chi connectivity index (χ3v) is 3.28. The minimum atomic E-state index is -0.558. The Balaban J connectivity index is 1.89. The van der Waals surface area contributed by atoms with Gasteiger partial charge in [0.2, 0.25) is 5.82 Å². The maximum absolute atomic E-state index is 12.3. The molecule has 24 heavy (non-hydrogen) atoms. The van der Waals surface area contributed by atoms with Crippen LogP contribution >= 0.6 is 0 Å².